The van der Waals surface area contributed by atoms with Crippen LogP contribution in [0.4, 0.5) is 5.69 Å². The summed E-state index contributed by atoms with van der Waals surface area (Å²) >= 11 is 0. The van der Waals surface area contributed by atoms with Crippen LogP contribution in [-0.4, -0.2) is 34.7 Å². The fourth-order valence-electron chi connectivity index (χ4n) is 3.74. The SMILES string of the molecule is CCOc1cc(C=NNC(=O)c2cc3ccccc3cc2O)ccc1OC(=O)c1ccc([N+](=O)[O-])c(C)c1. The van der Waals surface area contributed by atoms with Gasteiger partial charge >= 0.3 is 5.97 Å². The summed E-state index contributed by atoms with van der Waals surface area (Å²) < 4.78 is 11.1. The number of benzene rings is 4. The second-order valence-electron chi connectivity index (χ2n) is 8.20. The van der Waals surface area contributed by atoms with Crippen molar-refractivity contribution >= 4 is 34.6 Å². The number of aromatic hydroxyl groups is 1. The van der Waals surface area contributed by atoms with Gasteiger partial charge < -0.3 is 14.6 Å². The van der Waals surface area contributed by atoms with E-state index in [2.05, 4.69) is 10.5 Å². The summed E-state index contributed by atoms with van der Waals surface area (Å²) in [6.07, 6.45) is 1.38. The second-order valence-corrected chi connectivity index (χ2v) is 8.20. The highest BCUT2D eigenvalue weighted by Crippen LogP contribution is 2.30. The van der Waals surface area contributed by atoms with Gasteiger partial charge in [-0.25, -0.2) is 10.2 Å². The van der Waals surface area contributed by atoms with Gasteiger partial charge in [0.15, 0.2) is 11.5 Å². The number of phenols is 1. The van der Waals surface area contributed by atoms with Gasteiger partial charge in [-0.2, -0.15) is 5.10 Å². The highest BCUT2D eigenvalue weighted by molar-refractivity contribution is 6.01. The molecule has 4 aromatic carbocycles. The number of nitro benzene ring substituents is 1. The largest absolute Gasteiger partial charge is 0.507 e. The van der Waals surface area contributed by atoms with Crippen molar-refractivity contribution in [3.8, 4) is 17.2 Å². The molecule has 10 nitrogen and oxygen atoms in total. The smallest absolute Gasteiger partial charge is 0.343 e. The van der Waals surface area contributed by atoms with E-state index in [0.29, 0.717) is 17.7 Å². The van der Waals surface area contributed by atoms with Gasteiger partial charge in [0, 0.05) is 11.6 Å². The zero-order valence-electron chi connectivity index (χ0n) is 20.5. The lowest BCUT2D eigenvalue weighted by Crippen LogP contribution is -2.17. The summed E-state index contributed by atoms with van der Waals surface area (Å²) in [5.41, 5.74) is 3.41. The van der Waals surface area contributed by atoms with Crippen molar-refractivity contribution in [3.05, 3.63) is 105 Å². The van der Waals surface area contributed by atoms with Gasteiger partial charge in [-0.15, -0.1) is 0 Å². The van der Waals surface area contributed by atoms with Crippen LogP contribution >= 0.6 is 0 Å². The van der Waals surface area contributed by atoms with Gasteiger partial charge in [-0.3, -0.25) is 14.9 Å². The van der Waals surface area contributed by atoms with E-state index >= 15 is 0 Å². The highest BCUT2D eigenvalue weighted by Gasteiger charge is 2.17. The Morgan fingerprint density at radius 3 is 2.45 bits per heavy atom. The summed E-state index contributed by atoms with van der Waals surface area (Å²) in [6, 6.07) is 19.1. The van der Waals surface area contributed by atoms with Crippen LogP contribution in [0.3, 0.4) is 0 Å². The number of amides is 1. The Labute approximate surface area is 217 Å². The Kier molecular flexibility index (Phi) is 7.62. The maximum Gasteiger partial charge on any atom is 0.343 e. The minimum atomic E-state index is -0.701. The summed E-state index contributed by atoms with van der Waals surface area (Å²) in [5.74, 6) is -1.03. The number of carbonyl (C=O) groups is 2. The molecule has 0 saturated heterocycles. The maximum atomic E-state index is 12.6. The molecule has 4 rings (SSSR count). The number of aryl methyl sites for hydroxylation is 1. The number of phenolic OH excluding ortho intramolecular Hbond substituents is 1. The van der Waals surface area contributed by atoms with Crippen molar-refractivity contribution in [2.24, 2.45) is 5.10 Å². The summed E-state index contributed by atoms with van der Waals surface area (Å²) in [4.78, 5) is 35.7. The van der Waals surface area contributed by atoms with Crippen LogP contribution in [0.25, 0.3) is 10.8 Å². The summed E-state index contributed by atoms with van der Waals surface area (Å²) in [7, 11) is 0. The molecule has 38 heavy (non-hydrogen) atoms. The second kappa shape index (κ2) is 11.2. The Bertz CT molecular complexity index is 1580. The van der Waals surface area contributed by atoms with E-state index in [1.807, 2.05) is 24.3 Å². The van der Waals surface area contributed by atoms with Crippen LogP contribution < -0.4 is 14.9 Å². The van der Waals surface area contributed by atoms with Crippen LogP contribution in [-0.2, 0) is 0 Å². The third-order valence-electron chi connectivity index (χ3n) is 5.59. The number of hydrogen-bond donors (Lipinski definition) is 2. The van der Waals surface area contributed by atoms with E-state index in [4.69, 9.17) is 9.47 Å². The van der Waals surface area contributed by atoms with Crippen molar-refractivity contribution in [2.75, 3.05) is 6.61 Å². The number of nitrogens with zero attached hydrogens (tertiary/aromatic N) is 2. The molecule has 0 radical (unpaired) electrons. The van der Waals surface area contributed by atoms with Crippen molar-refractivity contribution in [1.82, 2.24) is 5.43 Å². The molecule has 0 aliphatic heterocycles. The molecule has 0 heterocycles. The molecule has 0 spiro atoms. The van der Waals surface area contributed by atoms with Gasteiger partial charge in [0.25, 0.3) is 11.6 Å². The topological polar surface area (TPSA) is 140 Å². The zero-order valence-corrected chi connectivity index (χ0v) is 20.5. The third-order valence-corrected chi connectivity index (χ3v) is 5.59. The number of hydrazone groups is 1. The summed E-state index contributed by atoms with van der Waals surface area (Å²) in [6.45, 7) is 3.59. The standard InChI is InChI=1S/C28H23N3O7/c1-3-37-26-13-18(8-11-25(26)38-28(34)21-9-10-23(31(35)36)17(2)12-21)16-29-30-27(33)22-14-19-6-4-5-7-20(19)15-24(22)32/h4-16,32H,3H2,1-2H3,(H,30,33). The molecule has 1 amide bonds. The Balaban J connectivity index is 1.47. The molecular weight excluding hydrogens is 490 g/mol. The molecule has 4 aromatic rings. The number of rotatable bonds is 8. The van der Waals surface area contributed by atoms with Gasteiger partial charge in [0.1, 0.15) is 5.75 Å². The number of nitro groups is 1. The molecule has 0 saturated carbocycles. The number of esters is 1. The lowest BCUT2D eigenvalue weighted by molar-refractivity contribution is -0.385. The first kappa shape index (κ1) is 25.8. The first-order chi connectivity index (χ1) is 18.3. The molecule has 10 heteroatoms. The molecule has 0 atom stereocenters. The Hall–Kier alpha value is -5.25. The number of ether oxygens (including phenoxy) is 2. The first-order valence-electron chi connectivity index (χ1n) is 11.6. The predicted octanol–water partition coefficient (Wildman–Crippen LogP) is 5.14. The van der Waals surface area contributed by atoms with E-state index in [1.165, 1.54) is 43.5 Å². The highest BCUT2D eigenvalue weighted by atomic mass is 16.6. The molecule has 0 bridgehead atoms. The van der Waals surface area contributed by atoms with Gasteiger partial charge in [0.2, 0.25) is 0 Å². The van der Waals surface area contributed by atoms with Crippen LogP contribution in [0.5, 0.6) is 17.2 Å². The van der Waals surface area contributed by atoms with E-state index < -0.39 is 16.8 Å². The quantitative estimate of drug-likeness (QED) is 0.109. The first-order valence-corrected chi connectivity index (χ1v) is 11.6. The van der Waals surface area contributed by atoms with Crippen molar-refractivity contribution in [3.63, 3.8) is 0 Å². The van der Waals surface area contributed by atoms with Crippen molar-refractivity contribution in [2.45, 2.75) is 13.8 Å². The van der Waals surface area contributed by atoms with Gasteiger partial charge in [0.05, 0.1) is 28.9 Å². The van der Waals surface area contributed by atoms with Crippen LogP contribution in [0.2, 0.25) is 0 Å². The Morgan fingerprint density at radius 2 is 1.76 bits per heavy atom. The zero-order chi connectivity index (χ0) is 27.2. The van der Waals surface area contributed by atoms with Crippen LogP contribution in [0.1, 0.15) is 38.8 Å². The van der Waals surface area contributed by atoms with Crippen molar-refractivity contribution < 1.29 is 29.1 Å². The predicted molar refractivity (Wildman–Crippen MR) is 141 cm³/mol. The van der Waals surface area contributed by atoms with E-state index in [0.717, 1.165) is 10.8 Å². The van der Waals surface area contributed by atoms with Gasteiger partial charge in [-0.1, -0.05) is 24.3 Å². The number of fused-ring (bicyclic) bond motifs is 1. The minimum Gasteiger partial charge on any atom is -0.507 e. The molecule has 192 valence electrons. The lowest BCUT2D eigenvalue weighted by Gasteiger charge is -2.11. The van der Waals surface area contributed by atoms with E-state index in [-0.39, 0.29) is 34.1 Å². The molecule has 0 aliphatic rings. The molecule has 0 fully saturated rings. The fourth-order valence-corrected chi connectivity index (χ4v) is 3.74. The lowest BCUT2D eigenvalue weighted by atomic mass is 10.1. The van der Waals surface area contributed by atoms with Gasteiger partial charge in [-0.05, 0) is 72.6 Å². The number of carbonyl (C=O) groups excluding carboxylic acids is 2. The molecule has 0 aliphatic carbocycles. The molecule has 2 N–H and O–H groups in total. The summed E-state index contributed by atoms with van der Waals surface area (Å²) in [5, 5.41) is 26.8. The minimum absolute atomic E-state index is 0.0830. The van der Waals surface area contributed by atoms with Crippen LogP contribution in [0, 0.1) is 17.0 Å². The van der Waals surface area contributed by atoms with E-state index in [1.54, 1.807) is 25.1 Å². The normalized spacial score (nSPS) is 10.9. The average Bonchev–Trinajstić information content (AvgIpc) is 2.89. The number of nitrogens with one attached hydrogen (secondary N) is 1. The van der Waals surface area contributed by atoms with Crippen molar-refractivity contribution in [1.29, 1.82) is 0 Å². The monoisotopic (exact) mass is 513 g/mol. The Morgan fingerprint density at radius 1 is 1.03 bits per heavy atom. The maximum absolute atomic E-state index is 12.6. The van der Waals surface area contributed by atoms with Crippen LogP contribution in [0.15, 0.2) is 77.9 Å². The third kappa shape index (κ3) is 5.76. The number of hydrogen-bond acceptors (Lipinski definition) is 8. The van der Waals surface area contributed by atoms with E-state index in [9.17, 15) is 24.8 Å². The molecular formula is C28H23N3O7. The fraction of sp³-hybridized carbons (Fsp3) is 0.107. The molecule has 0 unspecified atom stereocenters. The molecule has 0 aromatic heterocycles. The average molecular weight is 514 g/mol.